The van der Waals surface area contributed by atoms with Crippen molar-refractivity contribution in [2.24, 2.45) is 0 Å². The predicted molar refractivity (Wildman–Crippen MR) is 192 cm³/mol. The van der Waals surface area contributed by atoms with E-state index < -0.39 is 20.4 Å². The van der Waals surface area contributed by atoms with Crippen molar-refractivity contribution in [2.75, 3.05) is 30.0 Å². The van der Waals surface area contributed by atoms with E-state index in [2.05, 4.69) is 77.9 Å². The zero-order chi connectivity index (χ0) is 33.3. The highest BCUT2D eigenvalue weighted by atomic mass is 79.9. The van der Waals surface area contributed by atoms with Gasteiger partial charge < -0.3 is 25.1 Å². The summed E-state index contributed by atoms with van der Waals surface area (Å²) in [5.74, 6) is -0.181. The Kier molecular flexibility index (Phi) is 9.71. The van der Waals surface area contributed by atoms with Crippen molar-refractivity contribution < 1.29 is 18.8 Å². The summed E-state index contributed by atoms with van der Waals surface area (Å²) in [5.41, 5.74) is 4.77. The van der Waals surface area contributed by atoms with Crippen molar-refractivity contribution in [2.45, 2.75) is 82.6 Å². The van der Waals surface area contributed by atoms with Gasteiger partial charge in [-0.2, -0.15) is 0 Å². The van der Waals surface area contributed by atoms with Crippen molar-refractivity contribution in [3.8, 4) is 0 Å². The van der Waals surface area contributed by atoms with Crippen LogP contribution in [0.3, 0.4) is 0 Å². The van der Waals surface area contributed by atoms with E-state index in [1.165, 1.54) is 0 Å². The minimum absolute atomic E-state index is 0.0163. The van der Waals surface area contributed by atoms with E-state index in [1.807, 2.05) is 65.7 Å². The van der Waals surface area contributed by atoms with Gasteiger partial charge in [-0.05, 0) is 75.9 Å². The molecule has 4 atom stereocenters. The molecule has 0 saturated carbocycles. The van der Waals surface area contributed by atoms with Crippen LogP contribution in [0.15, 0.2) is 77.3 Å². The van der Waals surface area contributed by atoms with Crippen LogP contribution in [0.4, 0.5) is 16.2 Å². The predicted octanol–water partition coefficient (Wildman–Crippen LogP) is 7.29. The van der Waals surface area contributed by atoms with Gasteiger partial charge in [-0.1, -0.05) is 69.3 Å². The fraction of sp³-hybridized carbons (Fsp3) is 0.444. The maximum atomic E-state index is 14.1. The second-order valence-electron chi connectivity index (χ2n) is 14.2. The molecular weight excluding hydrogens is 674 g/mol. The van der Waals surface area contributed by atoms with E-state index in [0.29, 0.717) is 26.2 Å². The number of para-hydroxylation sites is 1. The minimum Gasteiger partial charge on any atom is -0.409 e. The molecule has 2 bridgehead atoms. The van der Waals surface area contributed by atoms with Gasteiger partial charge in [0.1, 0.15) is 6.04 Å². The first-order chi connectivity index (χ1) is 22.4. The average molecular weight is 721 g/mol. The smallest absolute Gasteiger partial charge is 0.315 e. The van der Waals surface area contributed by atoms with Crippen LogP contribution in [-0.4, -0.2) is 57.1 Å². The van der Waals surface area contributed by atoms with Gasteiger partial charge in [-0.15, -0.1) is 0 Å². The molecule has 3 aliphatic heterocycles. The Morgan fingerprint density at radius 2 is 1.81 bits per heavy atom. The Morgan fingerprint density at radius 1 is 1.06 bits per heavy atom. The molecule has 2 saturated heterocycles. The lowest BCUT2D eigenvalue weighted by Crippen LogP contribution is -2.54. The number of anilines is 2. The summed E-state index contributed by atoms with van der Waals surface area (Å²) in [6, 6.07) is 22.4. The van der Waals surface area contributed by atoms with Crippen LogP contribution in [0, 0.1) is 0 Å². The fourth-order valence-corrected chi connectivity index (χ4v) is 8.17. The van der Waals surface area contributed by atoms with Crippen molar-refractivity contribution in [3.63, 3.8) is 0 Å². The number of nitrogens with zero attached hydrogens (tertiary/aromatic N) is 2. The minimum atomic E-state index is -1.93. The Hall–Kier alpha value is -3.38. The van der Waals surface area contributed by atoms with Gasteiger partial charge in [0.15, 0.2) is 8.32 Å². The second kappa shape index (κ2) is 13.6. The van der Waals surface area contributed by atoms with E-state index in [9.17, 15) is 9.59 Å². The number of ether oxygens (including phenoxy) is 1. The average Bonchev–Trinajstić information content (AvgIpc) is 3.53. The fourth-order valence-electron chi connectivity index (χ4n) is 6.34. The van der Waals surface area contributed by atoms with Gasteiger partial charge in [0.25, 0.3) is 5.91 Å². The molecule has 3 amide bonds. The van der Waals surface area contributed by atoms with Crippen molar-refractivity contribution in [1.29, 1.82) is 0 Å². The van der Waals surface area contributed by atoms with E-state index in [0.717, 1.165) is 45.4 Å². The second-order valence-corrected chi connectivity index (χ2v) is 19.8. The number of carbonyl (C=O) groups excluding carboxylic acids is 2. The van der Waals surface area contributed by atoms with Crippen LogP contribution in [0.25, 0.3) is 0 Å². The number of urea groups is 1. The summed E-state index contributed by atoms with van der Waals surface area (Å²) in [6.45, 7) is 13.5. The van der Waals surface area contributed by atoms with Gasteiger partial charge in [0.05, 0.1) is 30.5 Å². The summed E-state index contributed by atoms with van der Waals surface area (Å²) in [7, 11) is -1.93. The van der Waals surface area contributed by atoms with Crippen molar-refractivity contribution in [1.82, 2.24) is 15.6 Å². The van der Waals surface area contributed by atoms with Crippen molar-refractivity contribution >= 4 is 47.6 Å². The lowest BCUT2D eigenvalue weighted by atomic mass is 9.89. The summed E-state index contributed by atoms with van der Waals surface area (Å²) >= 11 is 3.63. The molecule has 6 rings (SSSR count). The van der Waals surface area contributed by atoms with Gasteiger partial charge in [-0.3, -0.25) is 14.8 Å². The van der Waals surface area contributed by atoms with Gasteiger partial charge in [-0.25, -0.2) is 4.79 Å². The maximum absolute atomic E-state index is 14.1. The third-order valence-corrected chi connectivity index (χ3v) is 15.1. The van der Waals surface area contributed by atoms with Crippen LogP contribution >= 0.6 is 15.9 Å². The number of benzene rings is 3. The molecule has 11 heteroatoms. The number of fused-ring (bicyclic) bond motifs is 4. The lowest BCUT2D eigenvalue weighted by molar-refractivity contribution is -0.132. The zero-order valence-corrected chi connectivity index (χ0v) is 30.5. The number of rotatable bonds is 8. The molecule has 9 nitrogen and oxygen atoms in total. The highest BCUT2D eigenvalue weighted by molar-refractivity contribution is 9.10. The first-order valence-corrected chi connectivity index (χ1v) is 20.2. The Bertz CT molecular complexity index is 1600. The van der Waals surface area contributed by atoms with E-state index in [1.54, 1.807) is 5.01 Å². The molecule has 0 unspecified atom stereocenters. The maximum Gasteiger partial charge on any atom is 0.315 e. The molecular formula is C36H46BrN5O4Si. The molecule has 3 aliphatic rings. The van der Waals surface area contributed by atoms with Crippen LogP contribution in [0.2, 0.25) is 18.1 Å². The molecule has 0 aliphatic carbocycles. The molecule has 3 heterocycles. The largest absolute Gasteiger partial charge is 0.409 e. The topological polar surface area (TPSA) is 95.2 Å². The van der Waals surface area contributed by atoms with Crippen LogP contribution in [0.5, 0.6) is 0 Å². The molecule has 3 aromatic carbocycles. The number of halogens is 1. The third-order valence-electron chi connectivity index (χ3n) is 9.96. The molecule has 250 valence electrons. The SMILES string of the molecule is CC(C)(C)[Si](C)(C)O[C@@H]1CO[C@H]2C[C@@H]1Nc1ccc(CNC(=O)N[C@H](C(=O)N3CCCN3c3ccccc3Br)c3ccccc3)cc12. The highest BCUT2D eigenvalue weighted by Crippen LogP contribution is 2.43. The van der Waals surface area contributed by atoms with E-state index in [-0.39, 0.29) is 29.2 Å². The molecule has 0 aromatic heterocycles. The first kappa shape index (κ1) is 33.5. The standard InChI is InChI=1S/C36H46BrN5O4Si/c1-36(2,3)47(4,5)46-32-23-45-31-21-29(32)39-28-17-16-24(20-26(28)31)22-38-35(44)40-33(25-12-7-6-8-13-25)34(43)42-19-11-18-41(42)30-15-10-9-14-27(30)37/h6-10,12-17,20,29,31-33,39H,11,18-19,21-23H2,1-5H3,(H2,38,40,44)/t29-,31-,32+,33-/m0/s1. The molecule has 3 N–H and O–H groups in total. The lowest BCUT2D eigenvalue weighted by Gasteiger charge is -2.47. The molecule has 47 heavy (non-hydrogen) atoms. The molecule has 2 fully saturated rings. The monoisotopic (exact) mass is 719 g/mol. The van der Waals surface area contributed by atoms with Gasteiger partial charge in [0.2, 0.25) is 0 Å². The van der Waals surface area contributed by atoms with Gasteiger partial charge >= 0.3 is 6.03 Å². The molecule has 0 spiro atoms. The van der Waals surface area contributed by atoms with Crippen LogP contribution < -0.4 is 21.0 Å². The number of carbonyl (C=O) groups is 2. The number of hydrogen-bond acceptors (Lipinski definition) is 6. The highest BCUT2D eigenvalue weighted by Gasteiger charge is 2.44. The Balaban J connectivity index is 1.11. The quantitative estimate of drug-likeness (QED) is 0.212. The summed E-state index contributed by atoms with van der Waals surface area (Å²) in [5, 5.41) is 13.5. The van der Waals surface area contributed by atoms with Gasteiger partial charge in [0, 0.05) is 41.8 Å². The normalized spacial score (nSPS) is 21.4. The summed E-state index contributed by atoms with van der Waals surface area (Å²) in [6.07, 6.45) is 1.69. The number of hydrazine groups is 1. The van der Waals surface area contributed by atoms with Crippen LogP contribution in [-0.2, 0) is 20.5 Å². The number of hydrogen-bond donors (Lipinski definition) is 3. The number of amides is 3. The number of nitrogens with one attached hydrogen (secondary N) is 3. The Labute approximate surface area is 287 Å². The molecule has 3 aromatic rings. The molecule has 0 radical (unpaired) electrons. The van der Waals surface area contributed by atoms with Crippen LogP contribution in [0.1, 0.15) is 62.4 Å². The van der Waals surface area contributed by atoms with Crippen molar-refractivity contribution in [3.05, 3.63) is 94.0 Å². The van der Waals surface area contributed by atoms with E-state index in [4.69, 9.17) is 9.16 Å². The zero-order valence-electron chi connectivity index (χ0n) is 27.9. The summed E-state index contributed by atoms with van der Waals surface area (Å²) in [4.78, 5) is 27.4. The summed E-state index contributed by atoms with van der Waals surface area (Å²) < 4.78 is 14.0. The third kappa shape index (κ3) is 7.23. The first-order valence-electron chi connectivity index (χ1n) is 16.5. The van der Waals surface area contributed by atoms with E-state index >= 15 is 0 Å². The Morgan fingerprint density at radius 3 is 2.55 bits per heavy atom.